The summed E-state index contributed by atoms with van der Waals surface area (Å²) in [5.41, 5.74) is -0.805. The first-order chi connectivity index (χ1) is 7.99. The molecule has 0 spiro atoms. The number of carboxylic acids is 1. The Balaban J connectivity index is 2.06. The van der Waals surface area contributed by atoms with E-state index in [-0.39, 0.29) is 6.10 Å². The second-order valence-corrected chi connectivity index (χ2v) is 4.89. The number of fused-ring (bicyclic) bond motifs is 1. The fourth-order valence-corrected chi connectivity index (χ4v) is 1.82. The zero-order valence-electron chi connectivity index (χ0n) is 9.97. The lowest BCUT2D eigenvalue weighted by Gasteiger charge is -2.30. The second-order valence-electron chi connectivity index (χ2n) is 4.89. The highest BCUT2D eigenvalue weighted by molar-refractivity contribution is 5.73. The molecule has 0 saturated heterocycles. The topological polar surface area (TPSA) is 55.8 Å². The summed E-state index contributed by atoms with van der Waals surface area (Å²) in [6.07, 6.45) is 0.215. The lowest BCUT2D eigenvalue weighted by Crippen LogP contribution is -2.37. The summed E-state index contributed by atoms with van der Waals surface area (Å²) in [6, 6.07) is 7.42. The fourth-order valence-electron chi connectivity index (χ4n) is 1.82. The van der Waals surface area contributed by atoms with Crippen LogP contribution in [0.15, 0.2) is 24.3 Å². The highest BCUT2D eigenvalue weighted by Gasteiger charge is 2.33. The van der Waals surface area contributed by atoms with Gasteiger partial charge in [0.25, 0.3) is 0 Å². The molecule has 4 nitrogen and oxygen atoms in total. The molecule has 0 amide bonds. The highest BCUT2D eigenvalue weighted by atomic mass is 16.6. The van der Waals surface area contributed by atoms with E-state index in [4.69, 9.17) is 14.6 Å². The standard InChI is InChI=1S/C13H16O4/c1-13(2,12(14)15)7-9-8-16-10-5-3-4-6-11(10)17-9/h3-6,9H,7-8H2,1-2H3,(H,14,15). The van der Waals surface area contributed by atoms with Crippen molar-refractivity contribution in [1.29, 1.82) is 0 Å². The average Bonchev–Trinajstić information content (AvgIpc) is 2.28. The van der Waals surface area contributed by atoms with Gasteiger partial charge in [0.2, 0.25) is 0 Å². The van der Waals surface area contributed by atoms with Crippen LogP contribution in [0.2, 0.25) is 0 Å². The third-order valence-electron chi connectivity index (χ3n) is 2.88. The van der Waals surface area contributed by atoms with E-state index in [2.05, 4.69) is 0 Å². The summed E-state index contributed by atoms with van der Waals surface area (Å²) >= 11 is 0. The zero-order chi connectivity index (χ0) is 12.5. The van der Waals surface area contributed by atoms with Crippen molar-refractivity contribution in [2.75, 3.05) is 6.61 Å². The van der Waals surface area contributed by atoms with Crippen LogP contribution in [0.25, 0.3) is 0 Å². The third kappa shape index (κ3) is 2.52. The summed E-state index contributed by atoms with van der Waals surface area (Å²) in [7, 11) is 0. The van der Waals surface area contributed by atoms with Gasteiger partial charge in [-0.15, -0.1) is 0 Å². The number of carbonyl (C=O) groups is 1. The number of rotatable bonds is 3. The van der Waals surface area contributed by atoms with Gasteiger partial charge in [0.15, 0.2) is 11.5 Å². The molecule has 1 heterocycles. The van der Waals surface area contributed by atoms with Crippen molar-refractivity contribution in [3.63, 3.8) is 0 Å². The molecule has 0 radical (unpaired) electrons. The first kappa shape index (κ1) is 11.8. The van der Waals surface area contributed by atoms with Gasteiger partial charge >= 0.3 is 5.97 Å². The third-order valence-corrected chi connectivity index (χ3v) is 2.88. The molecular formula is C13H16O4. The summed E-state index contributed by atoms with van der Waals surface area (Å²) in [5.74, 6) is 0.585. The van der Waals surface area contributed by atoms with Crippen LogP contribution in [0.1, 0.15) is 20.3 Å². The normalized spacial score (nSPS) is 18.8. The van der Waals surface area contributed by atoms with Gasteiger partial charge in [-0.2, -0.15) is 0 Å². The number of benzene rings is 1. The Bertz CT molecular complexity index is 425. The molecular weight excluding hydrogens is 220 g/mol. The Labute approximate surface area is 100 Å². The van der Waals surface area contributed by atoms with Gasteiger partial charge in [0, 0.05) is 6.42 Å². The molecule has 92 valence electrons. The first-order valence-electron chi connectivity index (χ1n) is 5.61. The maximum Gasteiger partial charge on any atom is 0.309 e. The number of para-hydroxylation sites is 2. The molecule has 0 saturated carbocycles. The summed E-state index contributed by atoms with van der Waals surface area (Å²) in [5, 5.41) is 9.07. The average molecular weight is 236 g/mol. The van der Waals surface area contributed by atoms with Crippen LogP contribution in [-0.4, -0.2) is 23.8 Å². The Morgan fingerprint density at radius 1 is 1.41 bits per heavy atom. The van der Waals surface area contributed by atoms with Crippen molar-refractivity contribution in [2.24, 2.45) is 5.41 Å². The maximum absolute atomic E-state index is 11.0. The van der Waals surface area contributed by atoms with Gasteiger partial charge in [0.05, 0.1) is 5.41 Å². The van der Waals surface area contributed by atoms with Crippen LogP contribution in [0.3, 0.4) is 0 Å². The van der Waals surface area contributed by atoms with Gasteiger partial charge in [-0.05, 0) is 26.0 Å². The molecule has 1 aliphatic heterocycles. The predicted octanol–water partition coefficient (Wildman–Crippen LogP) is 2.33. The SMILES string of the molecule is CC(C)(CC1COc2ccccc2O1)C(=O)O. The van der Waals surface area contributed by atoms with E-state index in [0.29, 0.717) is 18.8 Å². The minimum absolute atomic E-state index is 0.212. The first-order valence-corrected chi connectivity index (χ1v) is 5.61. The van der Waals surface area contributed by atoms with E-state index in [9.17, 15) is 4.79 Å². The Morgan fingerprint density at radius 2 is 2.06 bits per heavy atom. The van der Waals surface area contributed by atoms with Crippen LogP contribution in [0, 0.1) is 5.41 Å². The van der Waals surface area contributed by atoms with E-state index >= 15 is 0 Å². The molecule has 4 heteroatoms. The molecule has 1 unspecified atom stereocenters. The van der Waals surface area contributed by atoms with E-state index in [1.165, 1.54) is 0 Å². The molecule has 0 aromatic heterocycles. The molecule has 0 aliphatic carbocycles. The van der Waals surface area contributed by atoms with E-state index in [0.717, 1.165) is 5.75 Å². The van der Waals surface area contributed by atoms with Gasteiger partial charge in [-0.1, -0.05) is 12.1 Å². The summed E-state index contributed by atoms with van der Waals surface area (Å²) in [6.45, 7) is 3.78. The summed E-state index contributed by atoms with van der Waals surface area (Å²) < 4.78 is 11.3. The zero-order valence-corrected chi connectivity index (χ0v) is 9.97. The molecule has 2 rings (SSSR count). The number of ether oxygens (including phenoxy) is 2. The van der Waals surface area contributed by atoms with E-state index < -0.39 is 11.4 Å². The van der Waals surface area contributed by atoms with Gasteiger partial charge in [-0.25, -0.2) is 0 Å². The molecule has 1 aromatic carbocycles. The van der Waals surface area contributed by atoms with Gasteiger partial charge in [0.1, 0.15) is 12.7 Å². The lowest BCUT2D eigenvalue weighted by molar-refractivity contribution is -0.148. The maximum atomic E-state index is 11.0. The number of carboxylic acid groups (broad SMARTS) is 1. The Hall–Kier alpha value is -1.71. The molecule has 17 heavy (non-hydrogen) atoms. The molecule has 1 aliphatic rings. The van der Waals surface area contributed by atoms with E-state index in [1.54, 1.807) is 13.8 Å². The molecule has 1 atom stereocenters. The number of aliphatic carboxylic acids is 1. The molecule has 1 aromatic rings. The van der Waals surface area contributed by atoms with Crippen molar-refractivity contribution in [3.8, 4) is 11.5 Å². The van der Waals surface area contributed by atoms with Crippen LogP contribution in [-0.2, 0) is 4.79 Å². The van der Waals surface area contributed by atoms with E-state index in [1.807, 2.05) is 24.3 Å². The minimum atomic E-state index is -0.819. The fraction of sp³-hybridized carbons (Fsp3) is 0.462. The van der Waals surface area contributed by atoms with Crippen molar-refractivity contribution in [3.05, 3.63) is 24.3 Å². The van der Waals surface area contributed by atoms with Crippen molar-refractivity contribution < 1.29 is 19.4 Å². The summed E-state index contributed by atoms with van der Waals surface area (Å²) in [4.78, 5) is 11.0. The van der Waals surface area contributed by atoms with Crippen molar-refractivity contribution >= 4 is 5.97 Å². The second kappa shape index (κ2) is 4.28. The molecule has 1 N–H and O–H groups in total. The minimum Gasteiger partial charge on any atom is -0.486 e. The Morgan fingerprint density at radius 3 is 2.71 bits per heavy atom. The van der Waals surface area contributed by atoms with Crippen LogP contribution < -0.4 is 9.47 Å². The van der Waals surface area contributed by atoms with Crippen LogP contribution in [0.5, 0.6) is 11.5 Å². The quantitative estimate of drug-likeness (QED) is 0.875. The molecule has 0 bridgehead atoms. The van der Waals surface area contributed by atoms with Crippen molar-refractivity contribution in [1.82, 2.24) is 0 Å². The number of hydrogen-bond donors (Lipinski definition) is 1. The smallest absolute Gasteiger partial charge is 0.309 e. The van der Waals surface area contributed by atoms with Crippen LogP contribution in [0.4, 0.5) is 0 Å². The van der Waals surface area contributed by atoms with Gasteiger partial charge < -0.3 is 14.6 Å². The Kier molecular flexibility index (Phi) is 2.96. The lowest BCUT2D eigenvalue weighted by atomic mass is 9.87. The predicted molar refractivity (Wildman–Crippen MR) is 62.4 cm³/mol. The van der Waals surface area contributed by atoms with Crippen LogP contribution >= 0.6 is 0 Å². The largest absolute Gasteiger partial charge is 0.486 e. The van der Waals surface area contributed by atoms with Crippen molar-refractivity contribution in [2.45, 2.75) is 26.4 Å². The monoisotopic (exact) mass is 236 g/mol. The number of hydrogen-bond acceptors (Lipinski definition) is 3. The van der Waals surface area contributed by atoms with Gasteiger partial charge in [-0.3, -0.25) is 4.79 Å². The molecule has 0 fully saturated rings. The highest BCUT2D eigenvalue weighted by Crippen LogP contribution is 2.34.